The number of nitrogens with zero attached hydrogens (tertiary/aromatic N) is 1. The van der Waals surface area contributed by atoms with Crippen LogP contribution in [0.4, 0.5) is 0 Å². The fourth-order valence-corrected chi connectivity index (χ4v) is 2.24. The van der Waals surface area contributed by atoms with Crippen LogP contribution in [0, 0.1) is 5.92 Å². The highest BCUT2D eigenvalue weighted by molar-refractivity contribution is 5.69. The Hall–Kier alpha value is -1.39. The third-order valence-corrected chi connectivity index (χ3v) is 3.38. The molecule has 4 heteroatoms. The van der Waals surface area contributed by atoms with Crippen molar-refractivity contribution in [1.29, 1.82) is 0 Å². The van der Waals surface area contributed by atoms with Crippen LogP contribution in [0.2, 0.25) is 0 Å². The van der Waals surface area contributed by atoms with Gasteiger partial charge in [-0.2, -0.15) is 0 Å². The predicted molar refractivity (Wildman–Crippen MR) is 67.8 cm³/mol. The number of carbonyl (C=O) groups is 1. The Morgan fingerprint density at radius 3 is 2.72 bits per heavy atom. The summed E-state index contributed by atoms with van der Waals surface area (Å²) in [4.78, 5) is 13.3. The van der Waals surface area contributed by atoms with Crippen molar-refractivity contribution in [3.8, 4) is 0 Å². The van der Waals surface area contributed by atoms with Gasteiger partial charge < -0.3 is 9.84 Å². The number of aliphatic hydroxyl groups excluding tert-OH is 1. The Morgan fingerprint density at radius 2 is 2.11 bits per heavy atom. The molecule has 0 bridgehead atoms. The van der Waals surface area contributed by atoms with Crippen LogP contribution in [0.15, 0.2) is 30.3 Å². The SMILES string of the molecule is COC(=O)C[C@H](O)C1CN(Cc2ccccc2)C1. The molecular weight excluding hydrogens is 230 g/mol. The lowest BCUT2D eigenvalue weighted by atomic mass is 9.91. The highest BCUT2D eigenvalue weighted by Gasteiger charge is 2.33. The van der Waals surface area contributed by atoms with Crippen LogP contribution >= 0.6 is 0 Å². The first kappa shape index (κ1) is 13.1. The van der Waals surface area contributed by atoms with Crippen molar-refractivity contribution in [1.82, 2.24) is 4.90 Å². The molecular formula is C14H19NO3. The molecule has 1 aromatic carbocycles. The molecule has 0 unspecified atom stereocenters. The maximum Gasteiger partial charge on any atom is 0.308 e. The molecule has 2 rings (SSSR count). The first-order chi connectivity index (χ1) is 8.69. The minimum Gasteiger partial charge on any atom is -0.469 e. The molecule has 18 heavy (non-hydrogen) atoms. The molecule has 98 valence electrons. The zero-order valence-electron chi connectivity index (χ0n) is 10.6. The van der Waals surface area contributed by atoms with Gasteiger partial charge in [0.25, 0.3) is 0 Å². The minimum absolute atomic E-state index is 0.0976. The van der Waals surface area contributed by atoms with Gasteiger partial charge in [0, 0.05) is 25.6 Å². The minimum atomic E-state index is -0.579. The molecule has 0 spiro atoms. The molecule has 1 atom stereocenters. The van der Waals surface area contributed by atoms with Crippen molar-refractivity contribution in [2.75, 3.05) is 20.2 Å². The van der Waals surface area contributed by atoms with Gasteiger partial charge in [-0.25, -0.2) is 0 Å². The number of benzene rings is 1. The Bertz CT molecular complexity index is 387. The van der Waals surface area contributed by atoms with Crippen LogP contribution < -0.4 is 0 Å². The summed E-state index contributed by atoms with van der Waals surface area (Å²) in [5, 5.41) is 9.83. The van der Waals surface area contributed by atoms with Gasteiger partial charge in [-0.05, 0) is 5.56 Å². The van der Waals surface area contributed by atoms with Crippen LogP contribution in [-0.4, -0.2) is 42.3 Å². The number of hydrogen-bond donors (Lipinski definition) is 1. The van der Waals surface area contributed by atoms with E-state index in [2.05, 4.69) is 21.8 Å². The van der Waals surface area contributed by atoms with Gasteiger partial charge >= 0.3 is 5.97 Å². The quantitative estimate of drug-likeness (QED) is 0.792. The number of likely N-dealkylation sites (tertiary alicyclic amines) is 1. The molecule has 0 saturated carbocycles. The van der Waals surface area contributed by atoms with E-state index < -0.39 is 6.10 Å². The van der Waals surface area contributed by atoms with Crippen LogP contribution in [0.3, 0.4) is 0 Å². The Labute approximate surface area is 107 Å². The highest BCUT2D eigenvalue weighted by atomic mass is 16.5. The number of aliphatic hydroxyl groups is 1. The Kier molecular flexibility index (Phi) is 4.33. The molecule has 0 amide bonds. The second-order valence-electron chi connectivity index (χ2n) is 4.79. The summed E-state index contributed by atoms with van der Waals surface area (Å²) in [6.07, 6.45) is -0.482. The molecule has 0 aromatic heterocycles. The number of hydrogen-bond acceptors (Lipinski definition) is 4. The lowest BCUT2D eigenvalue weighted by Gasteiger charge is -2.41. The van der Waals surface area contributed by atoms with Crippen LogP contribution in [-0.2, 0) is 16.1 Å². The van der Waals surface area contributed by atoms with Crippen molar-refractivity contribution in [3.63, 3.8) is 0 Å². The third kappa shape index (κ3) is 3.31. The lowest BCUT2D eigenvalue weighted by molar-refractivity contribution is -0.144. The summed E-state index contributed by atoms with van der Waals surface area (Å²) in [5.74, 6) is -0.156. The molecule has 0 radical (unpaired) electrons. The van der Waals surface area contributed by atoms with E-state index in [4.69, 9.17) is 0 Å². The van der Waals surface area contributed by atoms with E-state index >= 15 is 0 Å². The molecule has 1 heterocycles. The number of methoxy groups -OCH3 is 1. The summed E-state index contributed by atoms with van der Waals surface area (Å²) in [6.45, 7) is 2.59. The van der Waals surface area contributed by atoms with E-state index in [0.29, 0.717) is 0 Å². The van der Waals surface area contributed by atoms with E-state index in [-0.39, 0.29) is 18.3 Å². The smallest absolute Gasteiger partial charge is 0.308 e. The number of ether oxygens (including phenoxy) is 1. The molecule has 0 aliphatic carbocycles. The van der Waals surface area contributed by atoms with Gasteiger partial charge in [-0.1, -0.05) is 30.3 Å². The van der Waals surface area contributed by atoms with Crippen molar-refractivity contribution in [2.24, 2.45) is 5.92 Å². The summed E-state index contributed by atoms with van der Waals surface area (Å²) >= 11 is 0. The van der Waals surface area contributed by atoms with Crippen LogP contribution in [0.5, 0.6) is 0 Å². The number of carbonyl (C=O) groups excluding carboxylic acids is 1. The first-order valence-electron chi connectivity index (χ1n) is 6.20. The average Bonchev–Trinajstić information content (AvgIpc) is 2.34. The third-order valence-electron chi connectivity index (χ3n) is 3.38. The molecule has 4 nitrogen and oxygen atoms in total. The van der Waals surface area contributed by atoms with E-state index in [9.17, 15) is 9.90 Å². The largest absolute Gasteiger partial charge is 0.469 e. The average molecular weight is 249 g/mol. The highest BCUT2D eigenvalue weighted by Crippen LogP contribution is 2.23. The summed E-state index contributed by atoms with van der Waals surface area (Å²) in [7, 11) is 1.34. The maximum atomic E-state index is 11.0. The monoisotopic (exact) mass is 249 g/mol. The Morgan fingerprint density at radius 1 is 1.44 bits per heavy atom. The molecule has 1 N–H and O–H groups in total. The van der Waals surface area contributed by atoms with Gasteiger partial charge in [0.1, 0.15) is 0 Å². The first-order valence-corrected chi connectivity index (χ1v) is 6.20. The fraction of sp³-hybridized carbons (Fsp3) is 0.500. The second kappa shape index (κ2) is 5.98. The summed E-state index contributed by atoms with van der Waals surface area (Å²) in [6, 6.07) is 10.2. The van der Waals surface area contributed by atoms with Gasteiger partial charge in [-0.3, -0.25) is 9.69 Å². The van der Waals surface area contributed by atoms with Crippen LogP contribution in [0.25, 0.3) is 0 Å². The molecule has 1 saturated heterocycles. The van der Waals surface area contributed by atoms with E-state index in [0.717, 1.165) is 19.6 Å². The number of esters is 1. The maximum absolute atomic E-state index is 11.0. The zero-order chi connectivity index (χ0) is 13.0. The molecule has 1 aliphatic heterocycles. The normalized spacial score (nSPS) is 18.1. The van der Waals surface area contributed by atoms with Gasteiger partial charge in [0.05, 0.1) is 19.6 Å². The van der Waals surface area contributed by atoms with Gasteiger partial charge in [-0.15, -0.1) is 0 Å². The summed E-state index contributed by atoms with van der Waals surface area (Å²) < 4.78 is 4.55. The van der Waals surface area contributed by atoms with E-state index in [1.54, 1.807) is 0 Å². The van der Waals surface area contributed by atoms with Gasteiger partial charge in [0.2, 0.25) is 0 Å². The summed E-state index contributed by atoms with van der Waals surface area (Å²) in [5.41, 5.74) is 1.28. The van der Waals surface area contributed by atoms with Crippen LogP contribution in [0.1, 0.15) is 12.0 Å². The molecule has 1 aliphatic rings. The van der Waals surface area contributed by atoms with Gasteiger partial charge in [0.15, 0.2) is 0 Å². The van der Waals surface area contributed by atoms with E-state index in [1.807, 2.05) is 18.2 Å². The topological polar surface area (TPSA) is 49.8 Å². The lowest BCUT2D eigenvalue weighted by Crippen LogP contribution is -2.51. The van der Waals surface area contributed by atoms with Crippen molar-refractivity contribution in [2.45, 2.75) is 19.1 Å². The predicted octanol–water partition coefficient (Wildman–Crippen LogP) is 1.04. The fourth-order valence-electron chi connectivity index (χ4n) is 2.24. The zero-order valence-corrected chi connectivity index (χ0v) is 10.6. The second-order valence-corrected chi connectivity index (χ2v) is 4.79. The standard InChI is InChI=1S/C14H19NO3/c1-18-14(17)7-13(16)12-9-15(10-12)8-11-5-3-2-4-6-11/h2-6,12-13,16H,7-10H2,1H3/t13-/m0/s1. The molecule has 1 fully saturated rings. The Balaban J connectivity index is 1.72. The van der Waals surface area contributed by atoms with Crippen molar-refractivity contribution >= 4 is 5.97 Å². The number of rotatable bonds is 5. The van der Waals surface area contributed by atoms with E-state index in [1.165, 1.54) is 12.7 Å². The van der Waals surface area contributed by atoms with Crippen molar-refractivity contribution in [3.05, 3.63) is 35.9 Å². The van der Waals surface area contributed by atoms with Crippen molar-refractivity contribution < 1.29 is 14.6 Å². The molecule has 1 aromatic rings.